The highest BCUT2D eigenvalue weighted by Gasteiger charge is 2.21. The predicted molar refractivity (Wildman–Crippen MR) is 99.2 cm³/mol. The number of piperazine rings is 1. The fourth-order valence-electron chi connectivity index (χ4n) is 3.41. The van der Waals surface area contributed by atoms with Crippen LogP contribution >= 0.6 is 0 Å². The van der Waals surface area contributed by atoms with Gasteiger partial charge in [0.25, 0.3) is 0 Å². The first-order valence-electron chi connectivity index (χ1n) is 9.05. The van der Waals surface area contributed by atoms with Crippen LogP contribution in [0.2, 0.25) is 0 Å². The molecule has 5 nitrogen and oxygen atoms in total. The molecule has 6 heteroatoms. The Morgan fingerprint density at radius 3 is 2.60 bits per heavy atom. The number of likely N-dealkylation sites (N-methyl/N-ethyl adjacent to an activating group) is 1. The quantitative estimate of drug-likeness (QED) is 0.873. The highest BCUT2D eigenvalue weighted by molar-refractivity contribution is 5.55. The van der Waals surface area contributed by atoms with Crippen LogP contribution in [-0.2, 0) is 13.6 Å². The maximum atomic E-state index is 13.9. The van der Waals surface area contributed by atoms with Crippen molar-refractivity contribution >= 4 is 5.69 Å². The van der Waals surface area contributed by atoms with Crippen molar-refractivity contribution in [2.75, 3.05) is 37.6 Å². The molecule has 1 fully saturated rings. The van der Waals surface area contributed by atoms with Crippen LogP contribution in [0.5, 0.6) is 0 Å². The first kappa shape index (κ1) is 17.9. The standard InChI is InChI=1S/C19H28FN5/c1-4-24-9-11-25(12-10-24)19-6-5-16(20)13-18(19)15(2)21-14-17-7-8-22-23(17)3/h5-8,13,15,21H,4,9-12,14H2,1-3H3. The van der Waals surface area contributed by atoms with Crippen LogP contribution in [0.3, 0.4) is 0 Å². The molecule has 2 aromatic rings. The van der Waals surface area contributed by atoms with Gasteiger partial charge in [0.15, 0.2) is 0 Å². The smallest absolute Gasteiger partial charge is 0.123 e. The Morgan fingerprint density at radius 1 is 1.20 bits per heavy atom. The number of hydrogen-bond acceptors (Lipinski definition) is 4. The largest absolute Gasteiger partial charge is 0.369 e. The minimum Gasteiger partial charge on any atom is -0.369 e. The van der Waals surface area contributed by atoms with Gasteiger partial charge >= 0.3 is 0 Å². The van der Waals surface area contributed by atoms with Gasteiger partial charge in [0.05, 0.1) is 5.69 Å². The van der Waals surface area contributed by atoms with Crippen molar-refractivity contribution in [1.82, 2.24) is 20.0 Å². The SMILES string of the molecule is CCN1CCN(c2ccc(F)cc2C(C)NCc2ccnn2C)CC1. The van der Waals surface area contributed by atoms with Gasteiger partial charge in [0.1, 0.15) is 5.82 Å². The summed E-state index contributed by atoms with van der Waals surface area (Å²) in [6.07, 6.45) is 1.79. The fourth-order valence-corrected chi connectivity index (χ4v) is 3.41. The third-order valence-corrected chi connectivity index (χ3v) is 5.13. The second kappa shape index (κ2) is 7.97. The maximum absolute atomic E-state index is 13.9. The molecule has 3 rings (SSSR count). The van der Waals surface area contributed by atoms with Crippen LogP contribution in [0.4, 0.5) is 10.1 Å². The van der Waals surface area contributed by atoms with Gasteiger partial charge in [-0.3, -0.25) is 4.68 Å². The van der Waals surface area contributed by atoms with Gasteiger partial charge in [-0.25, -0.2) is 4.39 Å². The molecule has 1 N–H and O–H groups in total. The minimum absolute atomic E-state index is 0.0600. The minimum atomic E-state index is -0.180. The molecular formula is C19H28FN5. The zero-order valence-electron chi connectivity index (χ0n) is 15.4. The van der Waals surface area contributed by atoms with Gasteiger partial charge in [-0.1, -0.05) is 6.92 Å². The molecule has 1 unspecified atom stereocenters. The van der Waals surface area contributed by atoms with Gasteiger partial charge in [-0.15, -0.1) is 0 Å². The van der Waals surface area contributed by atoms with Crippen LogP contribution in [0.1, 0.15) is 31.1 Å². The van der Waals surface area contributed by atoms with E-state index in [9.17, 15) is 4.39 Å². The Labute approximate surface area is 149 Å². The Bertz CT molecular complexity index is 691. The Morgan fingerprint density at radius 2 is 1.96 bits per heavy atom. The van der Waals surface area contributed by atoms with Crippen molar-refractivity contribution < 1.29 is 4.39 Å². The lowest BCUT2D eigenvalue weighted by Gasteiger charge is -2.37. The van der Waals surface area contributed by atoms with E-state index in [2.05, 4.69) is 34.1 Å². The molecule has 136 valence electrons. The van der Waals surface area contributed by atoms with E-state index >= 15 is 0 Å². The number of anilines is 1. The molecule has 1 aromatic heterocycles. The van der Waals surface area contributed by atoms with Crippen LogP contribution in [0.15, 0.2) is 30.5 Å². The third kappa shape index (κ3) is 4.19. The summed E-state index contributed by atoms with van der Waals surface area (Å²) in [5.74, 6) is -0.180. The molecule has 0 amide bonds. The second-order valence-corrected chi connectivity index (χ2v) is 6.67. The lowest BCUT2D eigenvalue weighted by molar-refractivity contribution is 0.271. The topological polar surface area (TPSA) is 36.3 Å². The highest BCUT2D eigenvalue weighted by Crippen LogP contribution is 2.28. The predicted octanol–water partition coefficient (Wildman–Crippen LogP) is 2.55. The first-order chi connectivity index (χ1) is 12.1. The van der Waals surface area contributed by atoms with Gasteiger partial charge in [-0.05, 0) is 43.3 Å². The van der Waals surface area contributed by atoms with E-state index in [1.807, 2.05) is 23.9 Å². The molecule has 0 radical (unpaired) electrons. The molecule has 1 aliphatic heterocycles. The lowest BCUT2D eigenvalue weighted by atomic mass is 10.0. The summed E-state index contributed by atoms with van der Waals surface area (Å²) < 4.78 is 15.8. The van der Waals surface area contributed by atoms with E-state index < -0.39 is 0 Å². The number of aromatic nitrogens is 2. The number of aryl methyl sites for hydroxylation is 1. The number of nitrogens with one attached hydrogen (secondary N) is 1. The second-order valence-electron chi connectivity index (χ2n) is 6.67. The Hall–Kier alpha value is -1.92. The molecule has 0 aliphatic carbocycles. The van der Waals surface area contributed by atoms with E-state index in [0.29, 0.717) is 6.54 Å². The molecule has 0 bridgehead atoms. The molecule has 0 saturated carbocycles. The van der Waals surface area contributed by atoms with Crippen LogP contribution in [-0.4, -0.2) is 47.4 Å². The number of rotatable bonds is 6. The summed E-state index contributed by atoms with van der Waals surface area (Å²) in [6, 6.07) is 7.22. The van der Waals surface area contributed by atoms with Crippen molar-refractivity contribution in [2.24, 2.45) is 7.05 Å². The van der Waals surface area contributed by atoms with Crippen molar-refractivity contribution in [3.8, 4) is 0 Å². The van der Waals surface area contributed by atoms with Crippen LogP contribution < -0.4 is 10.2 Å². The van der Waals surface area contributed by atoms with Crippen LogP contribution in [0.25, 0.3) is 0 Å². The molecule has 1 aromatic carbocycles. The molecule has 1 aliphatic rings. The van der Waals surface area contributed by atoms with Crippen molar-refractivity contribution in [3.63, 3.8) is 0 Å². The lowest BCUT2D eigenvalue weighted by Crippen LogP contribution is -2.46. The molecule has 1 saturated heterocycles. The third-order valence-electron chi connectivity index (χ3n) is 5.13. The number of halogens is 1. The Kier molecular flexibility index (Phi) is 5.71. The number of nitrogens with zero attached hydrogens (tertiary/aromatic N) is 4. The zero-order chi connectivity index (χ0) is 17.8. The van der Waals surface area contributed by atoms with E-state index in [1.165, 1.54) is 0 Å². The summed E-state index contributed by atoms with van der Waals surface area (Å²) in [7, 11) is 1.93. The summed E-state index contributed by atoms with van der Waals surface area (Å²) in [4.78, 5) is 4.83. The molecule has 1 atom stereocenters. The highest BCUT2D eigenvalue weighted by atomic mass is 19.1. The van der Waals surface area contributed by atoms with Crippen LogP contribution in [0, 0.1) is 5.82 Å². The number of hydrogen-bond donors (Lipinski definition) is 1. The fraction of sp³-hybridized carbons (Fsp3) is 0.526. The zero-order valence-corrected chi connectivity index (χ0v) is 15.4. The Balaban J connectivity index is 1.73. The summed E-state index contributed by atoms with van der Waals surface area (Å²) in [5.41, 5.74) is 3.27. The first-order valence-corrected chi connectivity index (χ1v) is 9.05. The van der Waals surface area contributed by atoms with Crippen molar-refractivity contribution in [2.45, 2.75) is 26.4 Å². The monoisotopic (exact) mass is 345 g/mol. The average Bonchev–Trinajstić information content (AvgIpc) is 3.04. The van der Waals surface area contributed by atoms with E-state index in [1.54, 1.807) is 18.3 Å². The summed E-state index contributed by atoms with van der Waals surface area (Å²) >= 11 is 0. The van der Waals surface area contributed by atoms with E-state index in [0.717, 1.165) is 49.7 Å². The van der Waals surface area contributed by atoms with Gasteiger partial charge in [0.2, 0.25) is 0 Å². The maximum Gasteiger partial charge on any atom is 0.123 e. The normalized spacial score (nSPS) is 17.0. The summed E-state index contributed by atoms with van der Waals surface area (Å²) in [6.45, 7) is 10.2. The molecule has 2 heterocycles. The number of benzene rings is 1. The van der Waals surface area contributed by atoms with Gasteiger partial charge in [-0.2, -0.15) is 5.10 Å². The van der Waals surface area contributed by atoms with Gasteiger partial charge < -0.3 is 15.1 Å². The van der Waals surface area contributed by atoms with Crippen molar-refractivity contribution in [1.29, 1.82) is 0 Å². The average molecular weight is 345 g/mol. The summed E-state index contributed by atoms with van der Waals surface area (Å²) in [5, 5.41) is 7.70. The molecule has 25 heavy (non-hydrogen) atoms. The molecule has 0 spiro atoms. The van der Waals surface area contributed by atoms with E-state index in [-0.39, 0.29) is 11.9 Å². The van der Waals surface area contributed by atoms with E-state index in [4.69, 9.17) is 0 Å². The molecular weight excluding hydrogens is 317 g/mol. The van der Waals surface area contributed by atoms with Crippen molar-refractivity contribution in [3.05, 3.63) is 47.5 Å². The van der Waals surface area contributed by atoms with Gasteiger partial charge in [0, 0.05) is 57.7 Å².